The number of nitrogens with zero attached hydrogens (tertiary/aromatic N) is 1. The molecule has 3 rings (SSSR count). The van der Waals surface area contributed by atoms with Gasteiger partial charge in [0.2, 0.25) is 0 Å². The third-order valence-corrected chi connectivity index (χ3v) is 3.41. The van der Waals surface area contributed by atoms with Crippen molar-refractivity contribution in [3.63, 3.8) is 0 Å². The van der Waals surface area contributed by atoms with Crippen LogP contribution in [0, 0.1) is 0 Å². The summed E-state index contributed by atoms with van der Waals surface area (Å²) in [6.45, 7) is 4.01. The Bertz CT molecular complexity index is 652. The van der Waals surface area contributed by atoms with Crippen LogP contribution in [-0.4, -0.2) is 23.3 Å². The lowest BCUT2D eigenvalue weighted by Crippen LogP contribution is -2.40. The average molecular weight is 251 g/mol. The Kier molecular flexibility index (Phi) is 2.67. The Hall–Kier alpha value is -2.42. The van der Waals surface area contributed by atoms with E-state index in [-0.39, 0.29) is 11.8 Å². The summed E-state index contributed by atoms with van der Waals surface area (Å²) >= 11 is 0. The fraction of sp³-hybridized carbons (Fsp3) is 0.125. The van der Waals surface area contributed by atoms with E-state index in [4.69, 9.17) is 0 Å². The smallest absolute Gasteiger partial charge is 0.261 e. The van der Waals surface area contributed by atoms with Gasteiger partial charge in [-0.2, -0.15) is 0 Å². The SMILES string of the molecule is C=CCCN1C(=O)c2cccc3cccc(c23)C1=O. The summed E-state index contributed by atoms with van der Waals surface area (Å²) in [5.74, 6) is -0.424. The van der Waals surface area contributed by atoms with E-state index in [9.17, 15) is 9.59 Å². The first-order chi connectivity index (χ1) is 9.24. The quantitative estimate of drug-likeness (QED) is 0.621. The van der Waals surface area contributed by atoms with Crippen LogP contribution in [0.2, 0.25) is 0 Å². The molecule has 2 aromatic rings. The molecule has 1 heterocycles. The van der Waals surface area contributed by atoms with Crippen LogP contribution in [-0.2, 0) is 0 Å². The van der Waals surface area contributed by atoms with Crippen LogP contribution in [0.15, 0.2) is 49.1 Å². The first-order valence-corrected chi connectivity index (χ1v) is 6.23. The van der Waals surface area contributed by atoms with Crippen molar-refractivity contribution in [2.24, 2.45) is 0 Å². The maximum Gasteiger partial charge on any atom is 0.261 e. The van der Waals surface area contributed by atoms with E-state index in [0.29, 0.717) is 24.1 Å². The molecule has 19 heavy (non-hydrogen) atoms. The number of amides is 2. The Morgan fingerprint density at radius 2 is 1.58 bits per heavy atom. The fourth-order valence-corrected chi connectivity index (χ4v) is 2.50. The van der Waals surface area contributed by atoms with Crippen molar-refractivity contribution in [3.8, 4) is 0 Å². The molecule has 2 aromatic carbocycles. The fourth-order valence-electron chi connectivity index (χ4n) is 2.50. The van der Waals surface area contributed by atoms with Crippen molar-refractivity contribution in [1.82, 2.24) is 4.90 Å². The highest BCUT2D eigenvalue weighted by Gasteiger charge is 2.31. The van der Waals surface area contributed by atoms with Gasteiger partial charge < -0.3 is 0 Å². The van der Waals surface area contributed by atoms with E-state index in [1.165, 1.54) is 4.90 Å². The van der Waals surface area contributed by atoms with Crippen LogP contribution >= 0.6 is 0 Å². The summed E-state index contributed by atoms with van der Waals surface area (Å²) < 4.78 is 0. The van der Waals surface area contributed by atoms with Crippen molar-refractivity contribution >= 4 is 22.6 Å². The number of hydrogen-bond donors (Lipinski definition) is 0. The molecule has 0 atom stereocenters. The zero-order valence-electron chi connectivity index (χ0n) is 10.4. The Morgan fingerprint density at radius 3 is 2.11 bits per heavy atom. The minimum Gasteiger partial charge on any atom is -0.274 e. The highest BCUT2D eigenvalue weighted by molar-refractivity contribution is 6.25. The molecule has 0 N–H and O–H groups in total. The Labute approximate surface area is 111 Å². The molecule has 0 fully saturated rings. The summed E-state index contributed by atoms with van der Waals surface area (Å²) in [6, 6.07) is 11.1. The Morgan fingerprint density at radius 1 is 1.00 bits per heavy atom. The molecule has 0 radical (unpaired) electrons. The van der Waals surface area contributed by atoms with E-state index in [1.807, 2.05) is 24.3 Å². The van der Waals surface area contributed by atoms with Gasteiger partial charge in [-0.1, -0.05) is 30.3 Å². The van der Waals surface area contributed by atoms with Gasteiger partial charge in [-0.15, -0.1) is 6.58 Å². The van der Waals surface area contributed by atoms with E-state index >= 15 is 0 Å². The first kappa shape index (κ1) is 11.7. The molecule has 3 heteroatoms. The van der Waals surface area contributed by atoms with Crippen LogP contribution in [0.25, 0.3) is 10.8 Å². The van der Waals surface area contributed by atoms with Gasteiger partial charge in [-0.3, -0.25) is 14.5 Å². The van der Waals surface area contributed by atoms with E-state index in [0.717, 1.165) is 10.8 Å². The second-order valence-electron chi connectivity index (χ2n) is 4.55. The summed E-state index contributed by atoms with van der Waals surface area (Å²) in [4.78, 5) is 26.1. The summed E-state index contributed by atoms with van der Waals surface area (Å²) in [5.41, 5.74) is 1.22. The third-order valence-electron chi connectivity index (χ3n) is 3.41. The van der Waals surface area contributed by atoms with Gasteiger partial charge in [0.25, 0.3) is 11.8 Å². The van der Waals surface area contributed by atoms with Crippen LogP contribution < -0.4 is 0 Å². The van der Waals surface area contributed by atoms with Gasteiger partial charge in [0.05, 0.1) is 0 Å². The molecule has 2 amide bonds. The summed E-state index contributed by atoms with van der Waals surface area (Å²) in [6.07, 6.45) is 2.32. The molecule has 94 valence electrons. The Balaban J connectivity index is 2.22. The van der Waals surface area contributed by atoms with Crippen molar-refractivity contribution < 1.29 is 9.59 Å². The molecule has 0 saturated carbocycles. The number of rotatable bonds is 3. The molecule has 0 spiro atoms. The van der Waals surface area contributed by atoms with Crippen LogP contribution in [0.5, 0.6) is 0 Å². The zero-order valence-corrected chi connectivity index (χ0v) is 10.4. The van der Waals surface area contributed by atoms with Crippen LogP contribution in [0.3, 0.4) is 0 Å². The molecular weight excluding hydrogens is 238 g/mol. The van der Waals surface area contributed by atoms with Crippen LogP contribution in [0.1, 0.15) is 27.1 Å². The molecule has 0 saturated heterocycles. The number of benzene rings is 2. The second kappa shape index (κ2) is 4.35. The molecule has 1 aliphatic rings. The predicted molar refractivity (Wildman–Crippen MR) is 74.1 cm³/mol. The highest BCUT2D eigenvalue weighted by atomic mass is 16.2. The lowest BCUT2D eigenvalue weighted by Gasteiger charge is -2.26. The van der Waals surface area contributed by atoms with E-state index in [2.05, 4.69) is 6.58 Å². The van der Waals surface area contributed by atoms with Gasteiger partial charge in [0.15, 0.2) is 0 Å². The first-order valence-electron chi connectivity index (χ1n) is 6.23. The maximum absolute atomic E-state index is 12.4. The van der Waals surface area contributed by atoms with Gasteiger partial charge >= 0.3 is 0 Å². The monoisotopic (exact) mass is 251 g/mol. The molecule has 0 bridgehead atoms. The molecule has 0 aliphatic carbocycles. The minimum absolute atomic E-state index is 0.212. The number of imide groups is 1. The molecule has 0 aromatic heterocycles. The lowest BCUT2D eigenvalue weighted by molar-refractivity contribution is 0.0613. The van der Waals surface area contributed by atoms with Gasteiger partial charge in [-0.25, -0.2) is 0 Å². The average Bonchev–Trinajstić information content (AvgIpc) is 2.44. The van der Waals surface area contributed by atoms with Crippen molar-refractivity contribution in [2.45, 2.75) is 6.42 Å². The van der Waals surface area contributed by atoms with Gasteiger partial charge in [0, 0.05) is 23.1 Å². The zero-order chi connectivity index (χ0) is 13.4. The van der Waals surface area contributed by atoms with Crippen molar-refractivity contribution in [3.05, 3.63) is 60.2 Å². The minimum atomic E-state index is -0.212. The molecule has 1 aliphatic heterocycles. The lowest BCUT2D eigenvalue weighted by atomic mass is 9.94. The normalized spacial score (nSPS) is 14.0. The summed E-state index contributed by atoms with van der Waals surface area (Å²) in [7, 11) is 0. The highest BCUT2D eigenvalue weighted by Crippen LogP contribution is 2.29. The standard InChI is InChI=1S/C16H13NO2/c1-2-3-10-17-15(18)12-8-4-6-11-7-5-9-13(14(11)12)16(17)19/h2,4-9H,1,3,10H2. The predicted octanol–water partition coefficient (Wildman–Crippen LogP) is 3.01. The van der Waals surface area contributed by atoms with E-state index in [1.54, 1.807) is 18.2 Å². The van der Waals surface area contributed by atoms with Gasteiger partial charge in [0.1, 0.15) is 0 Å². The molecule has 0 unspecified atom stereocenters. The third kappa shape index (κ3) is 1.66. The van der Waals surface area contributed by atoms with E-state index < -0.39 is 0 Å². The van der Waals surface area contributed by atoms with Crippen molar-refractivity contribution in [1.29, 1.82) is 0 Å². The molecular formula is C16H13NO2. The number of carbonyl (C=O) groups excluding carboxylic acids is 2. The maximum atomic E-state index is 12.4. The number of hydrogen-bond acceptors (Lipinski definition) is 2. The number of carbonyl (C=O) groups is 2. The van der Waals surface area contributed by atoms with Crippen molar-refractivity contribution in [2.75, 3.05) is 6.54 Å². The van der Waals surface area contributed by atoms with Gasteiger partial charge in [-0.05, 0) is 23.9 Å². The topological polar surface area (TPSA) is 37.4 Å². The second-order valence-corrected chi connectivity index (χ2v) is 4.55. The van der Waals surface area contributed by atoms with Crippen LogP contribution in [0.4, 0.5) is 0 Å². The largest absolute Gasteiger partial charge is 0.274 e. The summed E-state index contributed by atoms with van der Waals surface area (Å²) in [5, 5.41) is 1.70. The molecule has 3 nitrogen and oxygen atoms in total.